The molecular weight excluding hydrogens is 378 g/mol. The smallest absolute Gasteiger partial charge is 0.338 e. The first kappa shape index (κ1) is 21.1. The van der Waals surface area contributed by atoms with Crippen LogP contribution < -0.4 is 10.6 Å². The van der Waals surface area contributed by atoms with Gasteiger partial charge in [0.05, 0.1) is 34.9 Å². The highest BCUT2D eigenvalue weighted by molar-refractivity contribution is 6.10. The van der Waals surface area contributed by atoms with E-state index in [9.17, 15) is 24.5 Å². The van der Waals surface area contributed by atoms with Gasteiger partial charge in [-0.2, -0.15) is 0 Å². The summed E-state index contributed by atoms with van der Waals surface area (Å²) in [7, 11) is 0. The molecule has 0 aliphatic carbocycles. The zero-order valence-electron chi connectivity index (χ0n) is 15.4. The topological polar surface area (TPSA) is 128 Å². The fourth-order valence-electron chi connectivity index (χ4n) is 2.39. The molecule has 0 aromatic heterocycles. The van der Waals surface area contributed by atoms with Crippen molar-refractivity contribution >= 4 is 29.2 Å². The third kappa shape index (κ3) is 5.40. The highest BCUT2D eigenvalue weighted by atomic mass is 16.6. The lowest BCUT2D eigenvalue weighted by atomic mass is 10.1. The van der Waals surface area contributed by atoms with Crippen molar-refractivity contribution in [2.75, 3.05) is 18.5 Å². The number of nitrogens with zero attached hydrogens (tertiary/aromatic N) is 1. The van der Waals surface area contributed by atoms with Crippen LogP contribution in [0.4, 0.5) is 11.4 Å². The molecule has 0 unspecified atom stereocenters. The Hall–Kier alpha value is -4.19. The van der Waals surface area contributed by atoms with Gasteiger partial charge < -0.3 is 15.4 Å². The summed E-state index contributed by atoms with van der Waals surface area (Å²) in [5.41, 5.74) is -0.378. The molecule has 0 spiro atoms. The molecule has 0 radical (unpaired) electrons. The molecule has 9 heteroatoms. The number of carbonyl (C=O) groups excluding carboxylic acids is 3. The van der Waals surface area contributed by atoms with Gasteiger partial charge in [-0.25, -0.2) is 4.79 Å². The molecule has 0 fully saturated rings. The second kappa shape index (κ2) is 9.66. The van der Waals surface area contributed by atoms with Crippen LogP contribution in [0.3, 0.4) is 0 Å². The number of ether oxygens (including phenoxy) is 1. The molecule has 0 saturated heterocycles. The summed E-state index contributed by atoms with van der Waals surface area (Å²) in [6.07, 6.45) is 5.12. The summed E-state index contributed by atoms with van der Waals surface area (Å²) >= 11 is 0. The second-order valence-electron chi connectivity index (χ2n) is 5.63. The fraction of sp³-hybridized carbons (Fsp3) is 0.150. The molecule has 0 heterocycles. The zero-order chi connectivity index (χ0) is 21.4. The van der Waals surface area contributed by atoms with Gasteiger partial charge in [-0.1, -0.05) is 18.1 Å². The number of carbonyl (C=O) groups is 3. The van der Waals surface area contributed by atoms with Crippen molar-refractivity contribution in [2.45, 2.75) is 6.92 Å². The number of anilines is 1. The number of terminal acetylenes is 1. The van der Waals surface area contributed by atoms with Gasteiger partial charge >= 0.3 is 5.97 Å². The second-order valence-corrected chi connectivity index (χ2v) is 5.63. The lowest BCUT2D eigenvalue weighted by Crippen LogP contribution is -2.25. The SMILES string of the molecule is C#CCNC(=O)c1ccccc1NC(=O)c1cc(C(=O)OCC)cc([N+](=O)[O-])c1. The summed E-state index contributed by atoms with van der Waals surface area (Å²) in [6, 6.07) is 9.42. The molecule has 2 N–H and O–H groups in total. The van der Waals surface area contributed by atoms with Crippen LogP contribution in [0, 0.1) is 22.5 Å². The molecule has 2 aromatic carbocycles. The largest absolute Gasteiger partial charge is 0.462 e. The van der Waals surface area contributed by atoms with Gasteiger partial charge in [0.25, 0.3) is 17.5 Å². The highest BCUT2D eigenvalue weighted by Gasteiger charge is 2.20. The number of para-hydroxylation sites is 1. The first-order chi connectivity index (χ1) is 13.9. The number of nitro groups is 1. The van der Waals surface area contributed by atoms with Crippen molar-refractivity contribution in [3.05, 3.63) is 69.3 Å². The van der Waals surface area contributed by atoms with Crippen LogP contribution in [0.1, 0.15) is 38.0 Å². The number of non-ortho nitro benzene ring substituents is 1. The van der Waals surface area contributed by atoms with E-state index in [1.54, 1.807) is 19.1 Å². The molecule has 0 bridgehead atoms. The summed E-state index contributed by atoms with van der Waals surface area (Å²) in [4.78, 5) is 47.2. The van der Waals surface area contributed by atoms with Crippen molar-refractivity contribution in [3.8, 4) is 12.3 Å². The van der Waals surface area contributed by atoms with E-state index in [-0.39, 0.29) is 35.5 Å². The molecule has 0 atom stereocenters. The number of hydrogen-bond acceptors (Lipinski definition) is 6. The molecule has 2 aromatic rings. The Balaban J connectivity index is 2.36. The lowest BCUT2D eigenvalue weighted by molar-refractivity contribution is -0.384. The van der Waals surface area contributed by atoms with E-state index in [1.165, 1.54) is 18.2 Å². The summed E-state index contributed by atoms with van der Waals surface area (Å²) in [5.74, 6) is 0.244. The molecule has 2 rings (SSSR count). The zero-order valence-corrected chi connectivity index (χ0v) is 15.4. The van der Waals surface area contributed by atoms with Crippen LogP contribution in [0.15, 0.2) is 42.5 Å². The van der Waals surface area contributed by atoms with Gasteiger partial charge in [-0.3, -0.25) is 19.7 Å². The monoisotopic (exact) mass is 395 g/mol. The third-order valence-electron chi connectivity index (χ3n) is 3.67. The van der Waals surface area contributed by atoms with E-state index in [2.05, 4.69) is 16.6 Å². The maximum absolute atomic E-state index is 12.7. The molecule has 29 heavy (non-hydrogen) atoms. The first-order valence-corrected chi connectivity index (χ1v) is 8.46. The van der Waals surface area contributed by atoms with Crippen LogP contribution in [0.2, 0.25) is 0 Å². The van der Waals surface area contributed by atoms with Crippen molar-refractivity contribution in [1.82, 2.24) is 5.32 Å². The normalized spacial score (nSPS) is 9.79. The van der Waals surface area contributed by atoms with Crippen molar-refractivity contribution < 1.29 is 24.0 Å². The fourth-order valence-corrected chi connectivity index (χ4v) is 2.39. The van der Waals surface area contributed by atoms with Gasteiger partial charge in [0.1, 0.15) is 0 Å². The van der Waals surface area contributed by atoms with Crippen molar-refractivity contribution in [2.24, 2.45) is 0 Å². The number of hydrogen-bond donors (Lipinski definition) is 2. The molecule has 148 valence electrons. The van der Waals surface area contributed by atoms with Gasteiger partial charge in [0.2, 0.25) is 0 Å². The average Bonchev–Trinajstić information content (AvgIpc) is 2.72. The van der Waals surface area contributed by atoms with E-state index in [0.29, 0.717) is 0 Å². The average molecular weight is 395 g/mol. The maximum Gasteiger partial charge on any atom is 0.338 e. The van der Waals surface area contributed by atoms with E-state index >= 15 is 0 Å². The standard InChI is InChI=1S/C20H17N3O6/c1-3-9-21-19(25)16-7-5-6-8-17(16)22-18(24)13-10-14(20(26)29-4-2)12-15(11-13)23(27)28/h1,5-8,10-12H,4,9H2,2H3,(H,21,25)(H,22,24). The van der Waals surface area contributed by atoms with Crippen LogP contribution in [0.25, 0.3) is 0 Å². The van der Waals surface area contributed by atoms with Crippen molar-refractivity contribution in [1.29, 1.82) is 0 Å². The summed E-state index contributed by atoms with van der Waals surface area (Å²) in [5, 5.41) is 16.2. The summed E-state index contributed by atoms with van der Waals surface area (Å²) in [6.45, 7) is 1.67. The Bertz CT molecular complexity index is 1010. The van der Waals surface area contributed by atoms with E-state index in [4.69, 9.17) is 11.2 Å². The van der Waals surface area contributed by atoms with Crippen LogP contribution in [0.5, 0.6) is 0 Å². The van der Waals surface area contributed by atoms with Crippen LogP contribution in [-0.2, 0) is 4.74 Å². The number of amides is 2. The molecule has 2 amide bonds. The van der Waals surface area contributed by atoms with Gasteiger partial charge in [-0.05, 0) is 25.1 Å². The molecule has 0 saturated carbocycles. The Morgan fingerprint density at radius 3 is 2.48 bits per heavy atom. The van der Waals surface area contributed by atoms with Gasteiger partial charge in [0.15, 0.2) is 0 Å². The molecule has 9 nitrogen and oxygen atoms in total. The van der Waals surface area contributed by atoms with E-state index in [0.717, 1.165) is 12.1 Å². The highest BCUT2D eigenvalue weighted by Crippen LogP contribution is 2.21. The third-order valence-corrected chi connectivity index (χ3v) is 3.67. The number of rotatable bonds is 7. The van der Waals surface area contributed by atoms with Gasteiger partial charge in [-0.15, -0.1) is 6.42 Å². The lowest BCUT2D eigenvalue weighted by Gasteiger charge is -2.11. The van der Waals surface area contributed by atoms with Crippen LogP contribution in [-0.4, -0.2) is 35.9 Å². The van der Waals surface area contributed by atoms with Crippen LogP contribution >= 0.6 is 0 Å². The number of nitrogens with one attached hydrogen (secondary N) is 2. The molecule has 0 aliphatic heterocycles. The number of nitro benzene ring substituents is 1. The Morgan fingerprint density at radius 2 is 1.83 bits per heavy atom. The predicted molar refractivity (Wildman–Crippen MR) is 105 cm³/mol. The number of benzene rings is 2. The number of esters is 1. The first-order valence-electron chi connectivity index (χ1n) is 8.46. The minimum absolute atomic E-state index is 0.00882. The predicted octanol–water partition coefficient (Wildman–Crippen LogP) is 2.39. The molecule has 0 aliphatic rings. The van der Waals surface area contributed by atoms with Gasteiger partial charge in [0, 0.05) is 17.7 Å². The molecular formula is C20H17N3O6. The van der Waals surface area contributed by atoms with E-state index in [1.807, 2.05) is 0 Å². The van der Waals surface area contributed by atoms with Crippen molar-refractivity contribution in [3.63, 3.8) is 0 Å². The summed E-state index contributed by atoms with van der Waals surface area (Å²) < 4.78 is 4.84. The Morgan fingerprint density at radius 1 is 1.14 bits per heavy atom. The quantitative estimate of drug-likeness (QED) is 0.321. The maximum atomic E-state index is 12.7. The minimum Gasteiger partial charge on any atom is -0.462 e. The Labute approximate surface area is 166 Å². The van der Waals surface area contributed by atoms with E-state index < -0.39 is 28.4 Å². The Kier molecular flexibility index (Phi) is 7.03. The minimum atomic E-state index is -0.792.